The molecule has 0 saturated heterocycles. The average molecular weight is 606 g/mol. The lowest BCUT2D eigenvalue weighted by molar-refractivity contribution is -0.141. The Balaban J connectivity index is 1.77. The number of hydrogen-bond donors (Lipinski definition) is 10. The van der Waals surface area contributed by atoms with Crippen LogP contribution in [0.1, 0.15) is 24.2 Å². The molecule has 0 fully saturated rings. The van der Waals surface area contributed by atoms with Gasteiger partial charge in [-0.15, -0.1) is 0 Å². The number of aromatic nitrogens is 4. The van der Waals surface area contributed by atoms with E-state index >= 15 is 0 Å². The summed E-state index contributed by atoms with van der Waals surface area (Å²) in [5, 5.41) is 23.8. The Morgan fingerprint density at radius 3 is 1.70 bits per heavy atom. The maximum absolute atomic E-state index is 12.8. The van der Waals surface area contributed by atoms with E-state index in [0.717, 1.165) is 0 Å². The number of hydrogen-bond acceptors (Lipinski definition) is 10. The summed E-state index contributed by atoms with van der Waals surface area (Å²) in [6.45, 7) is -1.23. The van der Waals surface area contributed by atoms with Gasteiger partial charge in [0, 0.05) is 51.2 Å². The van der Waals surface area contributed by atoms with E-state index in [0.29, 0.717) is 11.4 Å². The summed E-state index contributed by atoms with van der Waals surface area (Å²) in [5.74, 6) is -4.73. The van der Waals surface area contributed by atoms with Gasteiger partial charge in [-0.1, -0.05) is 0 Å². The van der Waals surface area contributed by atoms with Crippen molar-refractivity contribution < 1.29 is 38.7 Å². The Bertz CT molecular complexity index is 1230. The number of nitrogens with one attached hydrogen (secondary N) is 8. The molecule has 6 amide bonds. The molecule has 43 heavy (non-hydrogen) atoms. The van der Waals surface area contributed by atoms with Gasteiger partial charge < -0.3 is 52.7 Å². The molecule has 2 atom stereocenters. The van der Waals surface area contributed by atoms with Crippen LogP contribution in [0.2, 0.25) is 0 Å². The van der Waals surface area contributed by atoms with E-state index in [1.54, 1.807) is 6.20 Å². The van der Waals surface area contributed by atoms with Crippen LogP contribution in [0, 0.1) is 0 Å². The standard InChI is InChI=1S/C24H35N11O8/c25-7-20(38)30-11-22(40)31-10-21(39)28-3-1-18(36)34-16(5-14-8-26-12-32-14)23(41)29-4-2-19(37)35-17(24(42)43)6-15-9-27-13-33-15/h8-9,12-13,16-17H,1-7,10-11,25H2,(H,26,32)(H,27,33)(H,28,39)(H,29,41)(H,30,38)(H,31,40)(H,34,36)(H,35,37)(H,42,43)/t16-,17-/m0/s1. The number of H-pyrrole nitrogens is 2. The maximum atomic E-state index is 12.8. The van der Waals surface area contributed by atoms with Crippen LogP contribution in [0.5, 0.6) is 0 Å². The third kappa shape index (κ3) is 13.7. The summed E-state index contributed by atoms with van der Waals surface area (Å²) in [4.78, 5) is 97.1. The van der Waals surface area contributed by atoms with E-state index in [4.69, 9.17) is 5.73 Å². The second kappa shape index (κ2) is 18.2. The first-order valence-electron chi connectivity index (χ1n) is 13.1. The van der Waals surface area contributed by atoms with Gasteiger partial charge in [0.05, 0.1) is 43.7 Å². The zero-order valence-corrected chi connectivity index (χ0v) is 23.1. The van der Waals surface area contributed by atoms with Crippen LogP contribution < -0.4 is 37.6 Å². The smallest absolute Gasteiger partial charge is 0.326 e. The molecule has 19 heteroatoms. The summed E-state index contributed by atoms with van der Waals surface area (Å²) in [6, 6.07) is -2.28. The van der Waals surface area contributed by atoms with Crippen molar-refractivity contribution in [1.82, 2.24) is 51.8 Å². The summed E-state index contributed by atoms with van der Waals surface area (Å²) in [5.41, 5.74) is 6.04. The normalized spacial score (nSPS) is 11.8. The van der Waals surface area contributed by atoms with Gasteiger partial charge in [-0.05, 0) is 0 Å². The summed E-state index contributed by atoms with van der Waals surface area (Å²) in [6.07, 6.45) is 5.43. The molecular weight excluding hydrogens is 570 g/mol. The highest BCUT2D eigenvalue weighted by atomic mass is 16.4. The first-order valence-corrected chi connectivity index (χ1v) is 13.1. The Morgan fingerprint density at radius 2 is 1.19 bits per heavy atom. The van der Waals surface area contributed by atoms with Gasteiger partial charge in [0.2, 0.25) is 35.4 Å². The minimum absolute atomic E-state index is 0.0249. The molecule has 0 saturated carbocycles. The molecule has 2 aromatic heterocycles. The van der Waals surface area contributed by atoms with Gasteiger partial charge in [0.25, 0.3) is 0 Å². The monoisotopic (exact) mass is 605 g/mol. The van der Waals surface area contributed by atoms with Crippen molar-refractivity contribution in [3.63, 3.8) is 0 Å². The van der Waals surface area contributed by atoms with Gasteiger partial charge in [0.1, 0.15) is 12.1 Å². The van der Waals surface area contributed by atoms with Crippen LogP contribution in [0.3, 0.4) is 0 Å². The Hall–Kier alpha value is -5.33. The largest absolute Gasteiger partial charge is 0.480 e. The van der Waals surface area contributed by atoms with Crippen LogP contribution >= 0.6 is 0 Å². The third-order valence-corrected chi connectivity index (χ3v) is 5.62. The topological polar surface area (TPSA) is 295 Å². The second-order valence-electron chi connectivity index (χ2n) is 9.01. The lowest BCUT2D eigenvalue weighted by Gasteiger charge is -2.18. The fourth-order valence-corrected chi connectivity index (χ4v) is 3.46. The van der Waals surface area contributed by atoms with E-state index in [9.17, 15) is 38.7 Å². The molecule has 0 aliphatic heterocycles. The number of nitrogens with two attached hydrogens (primary N) is 1. The van der Waals surface area contributed by atoms with Crippen molar-refractivity contribution in [1.29, 1.82) is 0 Å². The van der Waals surface area contributed by atoms with Gasteiger partial charge in [-0.3, -0.25) is 28.8 Å². The number of rotatable bonds is 19. The molecule has 0 aliphatic rings. The van der Waals surface area contributed by atoms with Crippen molar-refractivity contribution in [2.24, 2.45) is 5.73 Å². The first-order chi connectivity index (χ1) is 20.6. The second-order valence-corrected chi connectivity index (χ2v) is 9.01. The number of nitrogens with zero attached hydrogens (tertiary/aromatic N) is 2. The number of carbonyl (C=O) groups excluding carboxylic acids is 6. The zero-order chi connectivity index (χ0) is 31.6. The summed E-state index contributed by atoms with van der Waals surface area (Å²) < 4.78 is 0. The van der Waals surface area contributed by atoms with Gasteiger partial charge in [-0.2, -0.15) is 0 Å². The molecule has 0 aliphatic carbocycles. The molecule has 0 unspecified atom stereocenters. The van der Waals surface area contributed by atoms with Gasteiger partial charge >= 0.3 is 5.97 Å². The number of carboxylic acids is 1. The molecule has 2 heterocycles. The van der Waals surface area contributed by atoms with Crippen LogP contribution in [0.15, 0.2) is 25.0 Å². The predicted molar refractivity (Wildman–Crippen MR) is 146 cm³/mol. The Morgan fingerprint density at radius 1 is 0.698 bits per heavy atom. The van der Waals surface area contributed by atoms with Crippen molar-refractivity contribution in [2.75, 3.05) is 32.7 Å². The predicted octanol–water partition coefficient (Wildman–Crippen LogP) is -4.82. The molecule has 2 rings (SSSR count). The maximum Gasteiger partial charge on any atom is 0.326 e. The van der Waals surface area contributed by atoms with Gasteiger partial charge in [-0.25, -0.2) is 14.8 Å². The van der Waals surface area contributed by atoms with Crippen LogP contribution in [0.25, 0.3) is 0 Å². The molecule has 0 spiro atoms. The van der Waals surface area contributed by atoms with E-state index in [1.807, 2.05) is 0 Å². The van der Waals surface area contributed by atoms with E-state index in [-0.39, 0.29) is 58.4 Å². The van der Waals surface area contributed by atoms with E-state index in [2.05, 4.69) is 51.8 Å². The zero-order valence-electron chi connectivity index (χ0n) is 23.1. The van der Waals surface area contributed by atoms with Crippen LogP contribution in [-0.2, 0) is 46.4 Å². The first kappa shape index (κ1) is 33.9. The summed E-state index contributed by atoms with van der Waals surface area (Å²) >= 11 is 0. The van der Waals surface area contributed by atoms with Gasteiger partial charge in [0.15, 0.2) is 0 Å². The Kier molecular flexibility index (Phi) is 14.3. The van der Waals surface area contributed by atoms with Crippen LogP contribution in [0.4, 0.5) is 0 Å². The highest BCUT2D eigenvalue weighted by molar-refractivity contribution is 5.90. The number of aliphatic carboxylic acids is 1. The van der Waals surface area contributed by atoms with Crippen molar-refractivity contribution in [2.45, 2.75) is 37.8 Å². The number of carbonyl (C=O) groups is 7. The molecule has 2 aromatic rings. The SMILES string of the molecule is NCC(=O)NCC(=O)NCC(=O)NCCC(=O)N[C@@H](Cc1c[nH]cn1)C(=O)NCCC(=O)N[C@@H](Cc1c[nH]cn1)C(=O)O. The molecule has 0 aromatic carbocycles. The minimum Gasteiger partial charge on any atom is -0.480 e. The minimum atomic E-state index is -1.24. The lowest BCUT2D eigenvalue weighted by atomic mass is 10.1. The number of aromatic amines is 2. The number of carboxylic acid groups (broad SMARTS) is 1. The highest BCUT2D eigenvalue weighted by Gasteiger charge is 2.24. The number of imidazole rings is 2. The van der Waals surface area contributed by atoms with Crippen LogP contribution in [-0.4, -0.2) is 111 Å². The molecular formula is C24H35N11O8. The highest BCUT2D eigenvalue weighted by Crippen LogP contribution is 2.01. The molecule has 11 N–H and O–H groups in total. The van der Waals surface area contributed by atoms with E-state index in [1.165, 1.54) is 18.9 Å². The van der Waals surface area contributed by atoms with Crippen molar-refractivity contribution >= 4 is 41.4 Å². The lowest BCUT2D eigenvalue weighted by Crippen LogP contribution is -2.49. The fraction of sp³-hybridized carbons (Fsp3) is 0.458. The molecule has 0 bridgehead atoms. The quantitative estimate of drug-likeness (QED) is 0.0724. The Labute approximate surface area is 244 Å². The number of amides is 6. The molecule has 0 radical (unpaired) electrons. The molecule has 19 nitrogen and oxygen atoms in total. The van der Waals surface area contributed by atoms with Crippen molar-refractivity contribution in [3.8, 4) is 0 Å². The third-order valence-electron chi connectivity index (χ3n) is 5.62. The summed E-state index contributed by atoms with van der Waals surface area (Å²) in [7, 11) is 0. The van der Waals surface area contributed by atoms with Crippen molar-refractivity contribution in [3.05, 3.63) is 36.4 Å². The average Bonchev–Trinajstić information content (AvgIpc) is 3.68. The molecule has 234 valence electrons. The fourth-order valence-electron chi connectivity index (χ4n) is 3.46. The van der Waals surface area contributed by atoms with E-state index < -0.39 is 53.5 Å².